The molecule has 0 amide bonds. The second-order valence-electron chi connectivity index (χ2n) is 10.2. The molecule has 3 N–H and O–H groups in total. The highest BCUT2D eigenvalue weighted by molar-refractivity contribution is 7.92. The molecule has 1 atom stereocenters. The maximum atomic E-state index is 12.9. The first-order valence-corrected chi connectivity index (χ1v) is 15.3. The minimum Gasteiger partial charge on any atom is -0.495 e. The number of hydrogen-bond donors (Lipinski definition) is 3. The van der Waals surface area contributed by atoms with Gasteiger partial charge in [0.2, 0.25) is 5.95 Å². The van der Waals surface area contributed by atoms with E-state index in [4.69, 9.17) is 16.3 Å². The molecule has 0 spiro atoms. The maximum absolute atomic E-state index is 12.9. The monoisotopic (exact) mass is 570 g/mol. The van der Waals surface area contributed by atoms with E-state index < -0.39 is 15.1 Å². The SMILES string of the molecule is COc1cc2c(cc1Nc1ncc(Cl)c(Nc3ccccc3S(=O)(=O)C(C)C)n1)CCN(C1CCCN1)CC2. The Morgan fingerprint density at radius 1 is 1.10 bits per heavy atom. The summed E-state index contributed by atoms with van der Waals surface area (Å²) in [6.07, 6.45) is 6.29. The molecule has 0 bridgehead atoms. The van der Waals surface area contributed by atoms with Gasteiger partial charge in [-0.15, -0.1) is 0 Å². The molecule has 208 valence electrons. The Kier molecular flexibility index (Phi) is 8.27. The number of anilines is 4. The number of nitrogens with one attached hydrogen (secondary N) is 3. The molecule has 0 aliphatic carbocycles. The van der Waals surface area contributed by atoms with Crippen LogP contribution in [-0.4, -0.2) is 61.4 Å². The van der Waals surface area contributed by atoms with Gasteiger partial charge in [-0.25, -0.2) is 13.4 Å². The highest BCUT2D eigenvalue weighted by atomic mass is 35.5. The smallest absolute Gasteiger partial charge is 0.229 e. The lowest BCUT2D eigenvalue weighted by molar-refractivity contribution is 0.190. The summed E-state index contributed by atoms with van der Waals surface area (Å²) in [4.78, 5) is 11.7. The standard InChI is InChI=1S/C28H35ClN6O3S/c1-18(2)39(36,37)25-8-5-4-7-22(25)32-27-21(29)17-31-28(34-27)33-23-15-19-10-13-35(26-9-6-12-30-26)14-11-20(19)16-24(23)38-3/h4-5,7-8,15-18,26,30H,6,9-14H2,1-3H3,(H2,31,32,33,34). The number of halogens is 1. The number of rotatable bonds is 8. The lowest BCUT2D eigenvalue weighted by Gasteiger charge is -2.27. The van der Waals surface area contributed by atoms with Crippen LogP contribution in [0.25, 0.3) is 0 Å². The van der Waals surface area contributed by atoms with Gasteiger partial charge in [0.05, 0.1) is 41.0 Å². The largest absolute Gasteiger partial charge is 0.495 e. The van der Waals surface area contributed by atoms with Gasteiger partial charge in [0.25, 0.3) is 0 Å². The van der Waals surface area contributed by atoms with Crippen molar-refractivity contribution in [2.75, 3.05) is 37.4 Å². The van der Waals surface area contributed by atoms with Crippen LogP contribution in [-0.2, 0) is 22.7 Å². The van der Waals surface area contributed by atoms with Gasteiger partial charge >= 0.3 is 0 Å². The molecule has 39 heavy (non-hydrogen) atoms. The summed E-state index contributed by atoms with van der Waals surface area (Å²) in [5.74, 6) is 1.33. The molecule has 1 saturated heterocycles. The number of sulfone groups is 1. The predicted molar refractivity (Wildman–Crippen MR) is 155 cm³/mol. The van der Waals surface area contributed by atoms with E-state index in [1.54, 1.807) is 45.2 Å². The Labute approximate surface area is 235 Å². The van der Waals surface area contributed by atoms with Crippen LogP contribution < -0.4 is 20.7 Å². The molecule has 2 aromatic carbocycles. The zero-order valence-electron chi connectivity index (χ0n) is 22.5. The van der Waals surface area contributed by atoms with Crippen molar-refractivity contribution in [1.82, 2.24) is 20.2 Å². The molecule has 1 aromatic heterocycles. The summed E-state index contributed by atoms with van der Waals surface area (Å²) in [6.45, 7) is 6.42. The van der Waals surface area contributed by atoms with E-state index in [2.05, 4.69) is 43.0 Å². The lowest BCUT2D eigenvalue weighted by Crippen LogP contribution is -2.43. The van der Waals surface area contributed by atoms with Crippen LogP contribution in [0.3, 0.4) is 0 Å². The Balaban J connectivity index is 1.39. The first kappa shape index (κ1) is 27.6. The third kappa shape index (κ3) is 5.99. The number of nitrogens with zero attached hydrogens (tertiary/aromatic N) is 3. The zero-order chi connectivity index (χ0) is 27.6. The third-order valence-electron chi connectivity index (χ3n) is 7.39. The van der Waals surface area contributed by atoms with Gasteiger partial charge in [0, 0.05) is 13.1 Å². The van der Waals surface area contributed by atoms with Crippen molar-refractivity contribution in [1.29, 1.82) is 0 Å². The molecule has 0 radical (unpaired) electrons. The molecule has 5 rings (SSSR count). The first-order chi connectivity index (χ1) is 18.8. The molecule has 0 saturated carbocycles. The molecule has 9 nitrogen and oxygen atoms in total. The fraction of sp³-hybridized carbons (Fsp3) is 0.429. The number of para-hydroxylation sites is 1. The van der Waals surface area contributed by atoms with Gasteiger partial charge in [-0.05, 0) is 81.5 Å². The van der Waals surface area contributed by atoms with E-state index in [0.717, 1.165) is 38.2 Å². The summed E-state index contributed by atoms with van der Waals surface area (Å²) in [7, 11) is -1.87. The molecular formula is C28H35ClN6O3S. The van der Waals surface area contributed by atoms with Crippen molar-refractivity contribution < 1.29 is 13.2 Å². The number of hydrogen-bond acceptors (Lipinski definition) is 9. The van der Waals surface area contributed by atoms with Gasteiger partial charge in [-0.1, -0.05) is 23.7 Å². The molecule has 2 aliphatic heterocycles. The fourth-order valence-electron chi connectivity index (χ4n) is 5.16. The second kappa shape index (κ2) is 11.7. The predicted octanol–water partition coefficient (Wildman–Crippen LogP) is 4.92. The molecule has 2 aliphatic rings. The van der Waals surface area contributed by atoms with E-state index in [1.165, 1.54) is 30.2 Å². The summed E-state index contributed by atoms with van der Waals surface area (Å²) < 4.78 is 31.5. The summed E-state index contributed by atoms with van der Waals surface area (Å²) in [5.41, 5.74) is 3.74. The van der Waals surface area contributed by atoms with Crippen molar-refractivity contribution in [2.45, 2.75) is 55.8 Å². The van der Waals surface area contributed by atoms with Crippen LogP contribution in [0.15, 0.2) is 47.5 Å². The quantitative estimate of drug-likeness (QED) is 0.348. The summed E-state index contributed by atoms with van der Waals surface area (Å²) in [6, 6.07) is 11.0. The van der Waals surface area contributed by atoms with Crippen LogP contribution in [0.1, 0.15) is 37.8 Å². The molecule has 1 unspecified atom stereocenters. The van der Waals surface area contributed by atoms with Crippen LogP contribution in [0.2, 0.25) is 5.02 Å². The van der Waals surface area contributed by atoms with E-state index in [1.807, 2.05) is 0 Å². The van der Waals surface area contributed by atoms with Crippen LogP contribution in [0, 0.1) is 0 Å². The minimum absolute atomic E-state index is 0.193. The number of aromatic nitrogens is 2. The van der Waals surface area contributed by atoms with Gasteiger partial charge in [0.15, 0.2) is 15.7 Å². The third-order valence-corrected chi connectivity index (χ3v) is 9.88. The Morgan fingerprint density at radius 3 is 2.54 bits per heavy atom. The van der Waals surface area contributed by atoms with E-state index in [0.29, 0.717) is 29.4 Å². The van der Waals surface area contributed by atoms with Crippen molar-refractivity contribution in [3.63, 3.8) is 0 Å². The Hall–Kier alpha value is -2.92. The van der Waals surface area contributed by atoms with Gasteiger partial charge in [0.1, 0.15) is 10.8 Å². The van der Waals surface area contributed by atoms with Crippen molar-refractivity contribution in [2.24, 2.45) is 0 Å². The number of fused-ring (bicyclic) bond motifs is 1. The van der Waals surface area contributed by atoms with E-state index in [9.17, 15) is 8.42 Å². The number of methoxy groups -OCH3 is 1. The summed E-state index contributed by atoms with van der Waals surface area (Å²) in [5, 5.41) is 9.70. The number of benzene rings is 2. The second-order valence-corrected chi connectivity index (χ2v) is 13.1. The zero-order valence-corrected chi connectivity index (χ0v) is 24.1. The van der Waals surface area contributed by atoms with Crippen molar-refractivity contribution in [3.05, 3.63) is 58.7 Å². The lowest BCUT2D eigenvalue weighted by atomic mass is 10.0. The highest BCUT2D eigenvalue weighted by Gasteiger charge is 2.25. The fourth-order valence-corrected chi connectivity index (χ4v) is 6.50. The van der Waals surface area contributed by atoms with Gasteiger partial charge in [-0.3, -0.25) is 4.90 Å². The summed E-state index contributed by atoms with van der Waals surface area (Å²) >= 11 is 6.42. The number of ether oxygens (including phenoxy) is 1. The van der Waals surface area contributed by atoms with Crippen molar-refractivity contribution in [3.8, 4) is 5.75 Å². The first-order valence-electron chi connectivity index (χ1n) is 13.3. The molecule has 3 heterocycles. The van der Waals surface area contributed by atoms with Crippen LogP contribution >= 0.6 is 11.6 Å². The Morgan fingerprint density at radius 2 is 1.85 bits per heavy atom. The van der Waals surface area contributed by atoms with Crippen LogP contribution in [0.5, 0.6) is 5.75 Å². The molecule has 3 aromatic rings. The normalized spacial score (nSPS) is 18.0. The average molecular weight is 571 g/mol. The van der Waals surface area contributed by atoms with Gasteiger partial charge < -0.3 is 20.7 Å². The van der Waals surface area contributed by atoms with Crippen LogP contribution in [0.4, 0.5) is 23.1 Å². The minimum atomic E-state index is -3.52. The van der Waals surface area contributed by atoms with Crippen molar-refractivity contribution >= 4 is 44.6 Å². The van der Waals surface area contributed by atoms with E-state index in [-0.39, 0.29) is 9.92 Å². The van der Waals surface area contributed by atoms with Gasteiger partial charge in [-0.2, -0.15) is 4.98 Å². The highest BCUT2D eigenvalue weighted by Crippen LogP contribution is 2.34. The molecule has 11 heteroatoms. The van der Waals surface area contributed by atoms with E-state index >= 15 is 0 Å². The average Bonchev–Trinajstić information content (AvgIpc) is 3.38. The topological polar surface area (TPSA) is 108 Å². The Bertz CT molecular complexity index is 1440. The molecule has 1 fully saturated rings. The molecular weight excluding hydrogens is 536 g/mol. The maximum Gasteiger partial charge on any atom is 0.229 e.